The minimum atomic E-state index is -0.952. The van der Waals surface area contributed by atoms with Crippen molar-refractivity contribution in [2.75, 3.05) is 0 Å². The number of halogens is 1. The first-order valence-corrected chi connectivity index (χ1v) is 8.12. The third kappa shape index (κ3) is 4.43. The second kappa shape index (κ2) is 6.77. The number of hydrogen-bond acceptors (Lipinski definition) is 4. The molecule has 116 valence electrons. The number of rotatable bonds is 6. The Morgan fingerprint density at radius 1 is 1.33 bits per heavy atom. The summed E-state index contributed by atoms with van der Waals surface area (Å²) in [5.41, 5.74) is 0. The van der Waals surface area contributed by atoms with E-state index in [0.29, 0.717) is 4.34 Å². The minimum Gasteiger partial charge on any atom is -0.391 e. The molecule has 0 aliphatic heterocycles. The van der Waals surface area contributed by atoms with Gasteiger partial charge in [0.15, 0.2) is 0 Å². The van der Waals surface area contributed by atoms with Crippen LogP contribution in [0.1, 0.15) is 37.6 Å². The van der Waals surface area contributed by atoms with Gasteiger partial charge in [0.2, 0.25) is 11.8 Å². The number of carbonyl (C=O) groups is 2. The molecule has 0 saturated heterocycles. The molecule has 5 nitrogen and oxygen atoms in total. The second-order valence-electron chi connectivity index (χ2n) is 5.37. The molecule has 2 rings (SSSR count). The minimum absolute atomic E-state index is 0.00687. The van der Waals surface area contributed by atoms with E-state index in [1.807, 2.05) is 13.0 Å². The molecule has 3 unspecified atom stereocenters. The highest BCUT2D eigenvalue weighted by molar-refractivity contribution is 7.16. The first kappa shape index (κ1) is 16.3. The summed E-state index contributed by atoms with van der Waals surface area (Å²) in [4.78, 5) is 24.9. The average Bonchev–Trinajstić information content (AvgIpc) is 3.17. The molecule has 21 heavy (non-hydrogen) atoms. The molecular formula is C14H19ClN2O3S. The van der Waals surface area contributed by atoms with Crippen LogP contribution in [0, 0.1) is 5.92 Å². The normalized spacial score (nSPS) is 18.7. The summed E-state index contributed by atoms with van der Waals surface area (Å²) in [7, 11) is 0. The molecule has 7 heteroatoms. The average molecular weight is 331 g/mol. The van der Waals surface area contributed by atoms with Crippen molar-refractivity contribution < 1.29 is 14.7 Å². The van der Waals surface area contributed by atoms with Crippen LogP contribution in [0.15, 0.2) is 12.1 Å². The fourth-order valence-corrected chi connectivity index (χ4v) is 3.02. The molecule has 1 aliphatic carbocycles. The van der Waals surface area contributed by atoms with Crippen LogP contribution >= 0.6 is 22.9 Å². The van der Waals surface area contributed by atoms with Gasteiger partial charge in [-0.2, -0.15) is 0 Å². The van der Waals surface area contributed by atoms with E-state index in [1.54, 1.807) is 6.07 Å². The predicted molar refractivity (Wildman–Crippen MR) is 82.2 cm³/mol. The van der Waals surface area contributed by atoms with Gasteiger partial charge in [0.1, 0.15) is 6.04 Å². The molecule has 1 heterocycles. The first-order valence-electron chi connectivity index (χ1n) is 6.92. The van der Waals surface area contributed by atoms with E-state index < -0.39 is 18.1 Å². The van der Waals surface area contributed by atoms with Gasteiger partial charge in [-0.15, -0.1) is 11.3 Å². The van der Waals surface area contributed by atoms with Crippen LogP contribution in [0.2, 0.25) is 4.34 Å². The summed E-state index contributed by atoms with van der Waals surface area (Å²) in [6.07, 6.45) is 0.751. The zero-order valence-electron chi connectivity index (χ0n) is 11.9. The Morgan fingerprint density at radius 3 is 2.48 bits per heavy atom. The largest absolute Gasteiger partial charge is 0.391 e. The summed E-state index contributed by atoms with van der Waals surface area (Å²) in [5.74, 6) is -0.563. The number of aliphatic hydroxyl groups is 1. The monoisotopic (exact) mass is 330 g/mol. The van der Waals surface area contributed by atoms with Crippen LogP contribution in [0.25, 0.3) is 0 Å². The Bertz CT molecular complexity index is 528. The van der Waals surface area contributed by atoms with E-state index in [0.717, 1.165) is 17.7 Å². The van der Waals surface area contributed by atoms with Gasteiger partial charge in [0.05, 0.1) is 16.5 Å². The lowest BCUT2D eigenvalue weighted by Gasteiger charge is -2.23. The smallest absolute Gasteiger partial charge is 0.245 e. The molecular weight excluding hydrogens is 312 g/mol. The number of carbonyl (C=O) groups excluding carboxylic acids is 2. The quantitative estimate of drug-likeness (QED) is 0.745. The Labute approximate surface area is 132 Å². The Hall–Kier alpha value is -1.11. The van der Waals surface area contributed by atoms with Crippen LogP contribution in [-0.4, -0.2) is 29.1 Å². The highest BCUT2D eigenvalue weighted by Gasteiger charge is 2.34. The third-order valence-corrected chi connectivity index (χ3v) is 4.80. The molecule has 1 fully saturated rings. The van der Waals surface area contributed by atoms with Crippen LogP contribution < -0.4 is 10.6 Å². The first-order chi connectivity index (χ1) is 9.88. The van der Waals surface area contributed by atoms with E-state index in [4.69, 9.17) is 11.6 Å². The van der Waals surface area contributed by atoms with Crippen molar-refractivity contribution in [1.29, 1.82) is 0 Å². The van der Waals surface area contributed by atoms with E-state index in [-0.39, 0.29) is 17.9 Å². The summed E-state index contributed by atoms with van der Waals surface area (Å²) >= 11 is 7.26. The van der Waals surface area contributed by atoms with E-state index >= 15 is 0 Å². The predicted octanol–water partition coefficient (Wildman–Crippen LogP) is 1.85. The fraction of sp³-hybridized carbons (Fsp3) is 0.571. The lowest BCUT2D eigenvalue weighted by atomic mass is 10.1. The van der Waals surface area contributed by atoms with Gasteiger partial charge < -0.3 is 15.7 Å². The van der Waals surface area contributed by atoms with Crippen LogP contribution in [0.4, 0.5) is 0 Å². The topological polar surface area (TPSA) is 78.4 Å². The standard InChI is InChI=1S/C14H19ClN2O3S/c1-7(10-5-6-11(15)21-10)16-14(20)12(8(2)18)17-13(19)9-3-4-9/h5-9,12,18H,3-4H2,1-2H3,(H,16,20)(H,17,19). The fourth-order valence-electron chi connectivity index (χ4n) is 1.96. The summed E-state index contributed by atoms with van der Waals surface area (Å²) in [6.45, 7) is 3.33. The maximum atomic E-state index is 12.2. The maximum Gasteiger partial charge on any atom is 0.245 e. The van der Waals surface area contributed by atoms with Gasteiger partial charge in [0.25, 0.3) is 0 Å². The van der Waals surface area contributed by atoms with Crippen LogP contribution in [0.3, 0.4) is 0 Å². The van der Waals surface area contributed by atoms with E-state index in [9.17, 15) is 14.7 Å². The summed E-state index contributed by atoms with van der Waals surface area (Å²) in [6, 6.07) is 2.45. The molecule has 0 radical (unpaired) electrons. The van der Waals surface area contributed by atoms with Gasteiger partial charge in [-0.25, -0.2) is 0 Å². The zero-order valence-corrected chi connectivity index (χ0v) is 13.5. The van der Waals surface area contributed by atoms with Crippen molar-refractivity contribution in [3.05, 3.63) is 21.3 Å². The van der Waals surface area contributed by atoms with Crippen LogP contribution in [-0.2, 0) is 9.59 Å². The Kier molecular flexibility index (Phi) is 5.24. The van der Waals surface area contributed by atoms with Crippen molar-refractivity contribution in [1.82, 2.24) is 10.6 Å². The highest BCUT2D eigenvalue weighted by Crippen LogP contribution is 2.29. The molecule has 3 atom stereocenters. The maximum absolute atomic E-state index is 12.2. The van der Waals surface area contributed by atoms with Gasteiger partial charge in [-0.3, -0.25) is 9.59 Å². The lowest BCUT2D eigenvalue weighted by Crippen LogP contribution is -2.53. The van der Waals surface area contributed by atoms with Gasteiger partial charge in [-0.05, 0) is 38.8 Å². The van der Waals surface area contributed by atoms with Gasteiger partial charge >= 0.3 is 0 Å². The van der Waals surface area contributed by atoms with Crippen molar-refractivity contribution in [2.24, 2.45) is 5.92 Å². The highest BCUT2D eigenvalue weighted by atomic mass is 35.5. The van der Waals surface area contributed by atoms with Crippen molar-refractivity contribution >= 4 is 34.8 Å². The van der Waals surface area contributed by atoms with Crippen LogP contribution in [0.5, 0.6) is 0 Å². The number of thiophene rings is 1. The molecule has 0 bridgehead atoms. The van der Waals surface area contributed by atoms with Gasteiger partial charge in [-0.1, -0.05) is 11.6 Å². The summed E-state index contributed by atoms with van der Waals surface area (Å²) in [5, 5.41) is 15.1. The molecule has 1 aromatic rings. The van der Waals surface area contributed by atoms with E-state index in [2.05, 4.69) is 10.6 Å². The summed E-state index contributed by atoms with van der Waals surface area (Å²) < 4.78 is 0.653. The lowest BCUT2D eigenvalue weighted by molar-refractivity contribution is -0.132. The Morgan fingerprint density at radius 2 is 2.00 bits per heavy atom. The van der Waals surface area contributed by atoms with E-state index in [1.165, 1.54) is 18.3 Å². The molecule has 0 aromatic carbocycles. The SMILES string of the molecule is CC(NC(=O)C(NC(=O)C1CC1)C(C)O)c1ccc(Cl)s1. The number of nitrogens with one attached hydrogen (secondary N) is 2. The number of amides is 2. The number of hydrogen-bond donors (Lipinski definition) is 3. The second-order valence-corrected chi connectivity index (χ2v) is 7.12. The van der Waals surface area contributed by atoms with Gasteiger partial charge in [0, 0.05) is 10.8 Å². The Balaban J connectivity index is 1.95. The molecule has 1 aromatic heterocycles. The molecule has 1 aliphatic rings. The number of aliphatic hydroxyl groups excluding tert-OH is 1. The van der Waals surface area contributed by atoms with Crippen molar-refractivity contribution in [3.8, 4) is 0 Å². The molecule has 1 saturated carbocycles. The van der Waals surface area contributed by atoms with Crippen molar-refractivity contribution in [3.63, 3.8) is 0 Å². The van der Waals surface area contributed by atoms with Crippen molar-refractivity contribution in [2.45, 2.75) is 44.9 Å². The molecule has 0 spiro atoms. The third-order valence-electron chi connectivity index (χ3n) is 3.39. The molecule has 2 amide bonds. The zero-order chi connectivity index (χ0) is 15.6. The molecule has 3 N–H and O–H groups in total.